The fraction of sp³-hybridized carbons (Fsp3) is 0.188. The van der Waals surface area contributed by atoms with Crippen molar-refractivity contribution in [1.82, 2.24) is 4.72 Å². The molecule has 0 spiro atoms. The molecule has 0 atom stereocenters. The van der Waals surface area contributed by atoms with Gasteiger partial charge in [-0.15, -0.1) is 0 Å². The zero-order valence-electron chi connectivity index (χ0n) is 13.1. The molecule has 24 heavy (non-hydrogen) atoms. The Bertz CT molecular complexity index is 885. The van der Waals surface area contributed by atoms with E-state index < -0.39 is 28.3 Å². The predicted octanol–water partition coefficient (Wildman–Crippen LogP) is 3.01. The number of halogens is 2. The molecule has 2 aromatic carbocycles. The van der Waals surface area contributed by atoms with Crippen molar-refractivity contribution < 1.29 is 17.6 Å². The highest BCUT2D eigenvalue weighted by atomic mass is 35.5. The van der Waals surface area contributed by atoms with Crippen LogP contribution >= 0.6 is 11.6 Å². The number of sulfonamides is 1. The van der Waals surface area contributed by atoms with Gasteiger partial charge in [-0.3, -0.25) is 4.79 Å². The van der Waals surface area contributed by atoms with E-state index in [1.807, 2.05) is 6.92 Å². The second-order valence-corrected chi connectivity index (χ2v) is 7.42. The van der Waals surface area contributed by atoms with Crippen molar-refractivity contribution in [2.24, 2.45) is 0 Å². The number of amides is 1. The smallest absolute Gasteiger partial charge is 0.241 e. The molecule has 0 aliphatic rings. The van der Waals surface area contributed by atoms with Gasteiger partial charge in [-0.25, -0.2) is 17.5 Å². The number of aryl methyl sites for hydroxylation is 2. The van der Waals surface area contributed by atoms with Crippen LogP contribution in [0.15, 0.2) is 41.3 Å². The molecule has 2 rings (SSSR count). The molecule has 0 saturated carbocycles. The van der Waals surface area contributed by atoms with Crippen LogP contribution in [0, 0.1) is 19.7 Å². The minimum absolute atomic E-state index is 0.0863. The van der Waals surface area contributed by atoms with Gasteiger partial charge in [-0.1, -0.05) is 17.7 Å². The van der Waals surface area contributed by atoms with Crippen LogP contribution in [-0.2, 0) is 14.8 Å². The van der Waals surface area contributed by atoms with Gasteiger partial charge in [0.1, 0.15) is 5.82 Å². The highest BCUT2D eigenvalue weighted by Gasteiger charge is 2.16. The van der Waals surface area contributed by atoms with Gasteiger partial charge in [0.15, 0.2) is 0 Å². The van der Waals surface area contributed by atoms with Crippen molar-refractivity contribution in [2.75, 3.05) is 11.9 Å². The van der Waals surface area contributed by atoms with Crippen LogP contribution in [0.25, 0.3) is 0 Å². The highest BCUT2D eigenvalue weighted by molar-refractivity contribution is 7.89. The third-order valence-electron chi connectivity index (χ3n) is 3.41. The Kier molecular flexibility index (Phi) is 5.58. The van der Waals surface area contributed by atoms with Gasteiger partial charge < -0.3 is 5.32 Å². The molecular formula is C16H16ClFN2O3S. The third kappa shape index (κ3) is 4.53. The third-order valence-corrected chi connectivity index (χ3v) is 5.10. The molecule has 0 saturated heterocycles. The summed E-state index contributed by atoms with van der Waals surface area (Å²) < 4.78 is 39.7. The Hall–Kier alpha value is -1.96. The Morgan fingerprint density at radius 1 is 1.12 bits per heavy atom. The molecule has 0 unspecified atom stereocenters. The van der Waals surface area contributed by atoms with Gasteiger partial charge in [0.2, 0.25) is 15.9 Å². The molecule has 5 nitrogen and oxygen atoms in total. The SMILES string of the molecule is Cc1ccc(S(=O)(=O)NCC(=O)Nc2ccc(F)c(Cl)c2)cc1C. The van der Waals surface area contributed by atoms with Gasteiger partial charge in [-0.05, 0) is 55.3 Å². The minimum atomic E-state index is -3.80. The summed E-state index contributed by atoms with van der Waals surface area (Å²) in [5.74, 6) is -1.20. The first kappa shape index (κ1) is 18.4. The summed E-state index contributed by atoms with van der Waals surface area (Å²) in [6.45, 7) is 3.23. The molecule has 2 aromatic rings. The van der Waals surface area contributed by atoms with Crippen molar-refractivity contribution in [1.29, 1.82) is 0 Å². The molecular weight excluding hydrogens is 355 g/mol. The van der Waals surface area contributed by atoms with Gasteiger partial charge in [0.25, 0.3) is 0 Å². The summed E-state index contributed by atoms with van der Waals surface area (Å²) in [7, 11) is -3.80. The summed E-state index contributed by atoms with van der Waals surface area (Å²) in [6.07, 6.45) is 0. The van der Waals surface area contributed by atoms with E-state index in [9.17, 15) is 17.6 Å². The maximum atomic E-state index is 13.1. The number of carbonyl (C=O) groups is 1. The Morgan fingerprint density at radius 3 is 2.46 bits per heavy atom. The van der Waals surface area contributed by atoms with E-state index in [2.05, 4.69) is 10.0 Å². The van der Waals surface area contributed by atoms with Gasteiger partial charge in [0, 0.05) is 5.69 Å². The number of anilines is 1. The number of carbonyl (C=O) groups excluding carboxylic acids is 1. The first-order chi connectivity index (χ1) is 11.2. The van der Waals surface area contributed by atoms with E-state index in [1.165, 1.54) is 24.3 Å². The topological polar surface area (TPSA) is 75.3 Å². The quantitative estimate of drug-likeness (QED) is 0.849. The lowest BCUT2D eigenvalue weighted by atomic mass is 10.1. The van der Waals surface area contributed by atoms with E-state index in [0.717, 1.165) is 17.2 Å². The summed E-state index contributed by atoms with van der Waals surface area (Å²) >= 11 is 5.62. The molecule has 1 amide bonds. The molecule has 0 aliphatic heterocycles. The van der Waals surface area contributed by atoms with E-state index in [-0.39, 0.29) is 15.6 Å². The maximum Gasteiger partial charge on any atom is 0.241 e. The van der Waals surface area contributed by atoms with Crippen LogP contribution in [0.4, 0.5) is 10.1 Å². The number of hydrogen-bond donors (Lipinski definition) is 2. The maximum absolute atomic E-state index is 13.1. The summed E-state index contributed by atoms with van der Waals surface area (Å²) in [5, 5.41) is 2.30. The van der Waals surface area contributed by atoms with Gasteiger partial charge in [0.05, 0.1) is 16.5 Å². The second kappa shape index (κ2) is 7.29. The minimum Gasteiger partial charge on any atom is -0.325 e. The van der Waals surface area contributed by atoms with Gasteiger partial charge >= 0.3 is 0 Å². The molecule has 0 aliphatic carbocycles. The van der Waals surface area contributed by atoms with E-state index in [1.54, 1.807) is 13.0 Å². The molecule has 0 fully saturated rings. The standard InChI is InChI=1S/C16H16ClFN2O3S/c1-10-3-5-13(7-11(10)2)24(22,23)19-9-16(21)20-12-4-6-15(18)14(17)8-12/h3-8,19H,9H2,1-2H3,(H,20,21). The Labute approximate surface area is 144 Å². The number of nitrogens with one attached hydrogen (secondary N) is 2. The number of benzene rings is 2. The molecule has 8 heteroatoms. The molecule has 0 heterocycles. The van der Waals surface area contributed by atoms with E-state index in [0.29, 0.717) is 0 Å². The van der Waals surface area contributed by atoms with Gasteiger partial charge in [-0.2, -0.15) is 0 Å². The normalized spacial score (nSPS) is 11.3. The van der Waals surface area contributed by atoms with Crippen LogP contribution in [0.2, 0.25) is 5.02 Å². The fourth-order valence-corrected chi connectivity index (χ4v) is 3.15. The average Bonchev–Trinajstić information content (AvgIpc) is 2.52. The van der Waals surface area contributed by atoms with Crippen LogP contribution in [0.1, 0.15) is 11.1 Å². The zero-order valence-corrected chi connectivity index (χ0v) is 14.6. The van der Waals surface area contributed by atoms with Crippen LogP contribution in [0.3, 0.4) is 0 Å². The predicted molar refractivity (Wildman–Crippen MR) is 91.1 cm³/mol. The summed E-state index contributed by atoms with van der Waals surface area (Å²) in [6, 6.07) is 8.39. The zero-order chi connectivity index (χ0) is 17.9. The molecule has 2 N–H and O–H groups in total. The van der Waals surface area contributed by atoms with Crippen molar-refractivity contribution in [3.63, 3.8) is 0 Å². The van der Waals surface area contributed by atoms with Crippen molar-refractivity contribution in [3.8, 4) is 0 Å². The lowest BCUT2D eigenvalue weighted by Crippen LogP contribution is -2.33. The fourth-order valence-electron chi connectivity index (χ4n) is 1.90. The van der Waals surface area contributed by atoms with Crippen molar-refractivity contribution in [3.05, 3.63) is 58.4 Å². The monoisotopic (exact) mass is 370 g/mol. The first-order valence-electron chi connectivity index (χ1n) is 7.01. The van der Waals surface area contributed by atoms with Crippen LogP contribution in [-0.4, -0.2) is 20.9 Å². The van der Waals surface area contributed by atoms with Crippen LogP contribution < -0.4 is 10.0 Å². The summed E-state index contributed by atoms with van der Waals surface area (Å²) in [4.78, 5) is 11.9. The average molecular weight is 371 g/mol. The van der Waals surface area contributed by atoms with E-state index >= 15 is 0 Å². The first-order valence-corrected chi connectivity index (χ1v) is 8.87. The largest absolute Gasteiger partial charge is 0.325 e. The molecule has 0 aromatic heterocycles. The van der Waals surface area contributed by atoms with E-state index in [4.69, 9.17) is 11.6 Å². The molecule has 128 valence electrons. The van der Waals surface area contributed by atoms with Crippen LogP contribution in [0.5, 0.6) is 0 Å². The summed E-state index contributed by atoms with van der Waals surface area (Å²) in [5.41, 5.74) is 2.08. The second-order valence-electron chi connectivity index (χ2n) is 5.25. The molecule has 0 radical (unpaired) electrons. The van der Waals surface area contributed by atoms with Crippen molar-refractivity contribution in [2.45, 2.75) is 18.7 Å². The Morgan fingerprint density at radius 2 is 1.83 bits per heavy atom. The van der Waals surface area contributed by atoms with Crippen molar-refractivity contribution >= 4 is 33.2 Å². The number of rotatable bonds is 5. The highest BCUT2D eigenvalue weighted by Crippen LogP contribution is 2.19. The Balaban J connectivity index is 2.01. The number of hydrogen-bond acceptors (Lipinski definition) is 3. The lowest BCUT2D eigenvalue weighted by molar-refractivity contribution is -0.115. The molecule has 0 bridgehead atoms. The lowest BCUT2D eigenvalue weighted by Gasteiger charge is -2.09.